The number of aliphatic carboxylic acids is 1. The minimum absolute atomic E-state index is 0.108. The first-order chi connectivity index (χ1) is 19.1. The van der Waals surface area contributed by atoms with E-state index in [1.807, 2.05) is 12.1 Å². The van der Waals surface area contributed by atoms with Crippen molar-refractivity contribution in [2.75, 3.05) is 0 Å². The molecule has 5 atom stereocenters. The number of benzene rings is 4. The molecule has 4 aliphatic rings. The van der Waals surface area contributed by atoms with E-state index in [1.54, 1.807) is 42.5 Å². The van der Waals surface area contributed by atoms with E-state index in [2.05, 4.69) is 0 Å². The van der Waals surface area contributed by atoms with E-state index in [1.165, 1.54) is 12.1 Å². The molecular weight excluding hydrogens is 512 g/mol. The summed E-state index contributed by atoms with van der Waals surface area (Å²) < 4.78 is 0. The summed E-state index contributed by atoms with van der Waals surface area (Å²) in [6.07, 6.45) is 0.315. The van der Waals surface area contributed by atoms with Crippen molar-refractivity contribution in [1.29, 1.82) is 0 Å². The van der Waals surface area contributed by atoms with Gasteiger partial charge in [0.25, 0.3) is 0 Å². The Morgan fingerprint density at radius 3 is 1.65 bits per heavy atom. The summed E-state index contributed by atoms with van der Waals surface area (Å²) in [4.78, 5) is 48.4. The Morgan fingerprint density at radius 1 is 0.525 bits per heavy atom. The third-order valence-corrected chi connectivity index (χ3v) is 9.08. The Balaban J connectivity index is 1.58. The number of rotatable bonds is 4. The Labute approximate surface area is 227 Å². The molecule has 0 heterocycles. The van der Waals surface area contributed by atoms with E-state index in [-0.39, 0.29) is 22.6 Å². The zero-order valence-corrected chi connectivity index (χ0v) is 20.9. The topological polar surface area (TPSA) is 149 Å². The molecule has 4 bridgehead atoms. The first kappa shape index (κ1) is 24.1. The highest BCUT2D eigenvalue weighted by Gasteiger charge is 2.53. The fourth-order valence-electron chi connectivity index (χ4n) is 7.50. The van der Waals surface area contributed by atoms with E-state index in [0.29, 0.717) is 6.42 Å². The lowest BCUT2D eigenvalue weighted by Crippen LogP contribution is -2.41. The zero-order valence-electron chi connectivity index (χ0n) is 20.9. The molecule has 4 aromatic carbocycles. The predicted molar refractivity (Wildman–Crippen MR) is 143 cm³/mol. The van der Waals surface area contributed by atoms with Crippen LogP contribution < -0.4 is 0 Å². The van der Waals surface area contributed by atoms with Crippen molar-refractivity contribution in [2.45, 2.75) is 30.1 Å². The van der Waals surface area contributed by atoms with Crippen LogP contribution in [-0.4, -0.2) is 44.3 Å². The molecular formula is C32H22O8. The van der Waals surface area contributed by atoms with Crippen molar-refractivity contribution in [2.24, 2.45) is 5.92 Å². The molecule has 8 rings (SSSR count). The van der Waals surface area contributed by atoms with Gasteiger partial charge in [0.1, 0.15) is 0 Å². The van der Waals surface area contributed by atoms with Gasteiger partial charge in [-0.2, -0.15) is 0 Å². The zero-order chi connectivity index (χ0) is 28.0. The molecule has 0 aromatic heterocycles. The summed E-state index contributed by atoms with van der Waals surface area (Å²) in [5.74, 6) is -6.71. The molecule has 4 aliphatic carbocycles. The highest BCUT2D eigenvalue weighted by molar-refractivity contribution is 5.95. The van der Waals surface area contributed by atoms with Gasteiger partial charge in [0.2, 0.25) is 0 Å². The van der Waals surface area contributed by atoms with Gasteiger partial charge in [0.05, 0.1) is 22.6 Å². The van der Waals surface area contributed by atoms with Crippen molar-refractivity contribution >= 4 is 34.6 Å². The molecule has 0 fully saturated rings. The first-order valence-electron chi connectivity index (χ1n) is 12.9. The fraction of sp³-hybridized carbons (Fsp3) is 0.188. The van der Waals surface area contributed by atoms with Crippen LogP contribution in [0.25, 0.3) is 10.8 Å². The highest BCUT2D eigenvalue weighted by atomic mass is 16.4. The molecule has 4 N–H and O–H groups in total. The van der Waals surface area contributed by atoms with Crippen molar-refractivity contribution in [3.05, 3.63) is 117 Å². The standard InChI is InChI=1S/C32H22O8/c33-29(34)14-2-1-13-8-23-20(11-17(13)7-14)24-12-25(32(39)40)28(23)27-19-6-4-15(30(35)36)9-21(19)26(24)18-5-3-16(31(37)38)10-22(18)27/h1-11,24-28H,12H2,(H,33,34)(H,35,36)(H,37,38)(H,39,40). The lowest BCUT2D eigenvalue weighted by atomic mass is 9.51. The van der Waals surface area contributed by atoms with Gasteiger partial charge < -0.3 is 20.4 Å². The van der Waals surface area contributed by atoms with Crippen LogP contribution in [-0.2, 0) is 4.79 Å². The largest absolute Gasteiger partial charge is 0.481 e. The number of hydrogen-bond donors (Lipinski definition) is 4. The lowest BCUT2D eigenvalue weighted by Gasteiger charge is -2.51. The van der Waals surface area contributed by atoms with Crippen LogP contribution in [0.4, 0.5) is 0 Å². The third kappa shape index (κ3) is 3.25. The average Bonchev–Trinajstić information content (AvgIpc) is 2.91. The van der Waals surface area contributed by atoms with Gasteiger partial charge in [0, 0.05) is 17.8 Å². The van der Waals surface area contributed by atoms with E-state index in [4.69, 9.17) is 0 Å². The van der Waals surface area contributed by atoms with Crippen LogP contribution in [0.5, 0.6) is 0 Å². The molecule has 4 aromatic rings. The maximum absolute atomic E-state index is 12.8. The van der Waals surface area contributed by atoms with Gasteiger partial charge in [-0.15, -0.1) is 0 Å². The second-order valence-electron chi connectivity index (χ2n) is 10.9. The number of carboxylic acids is 4. The monoisotopic (exact) mass is 534 g/mol. The fourth-order valence-corrected chi connectivity index (χ4v) is 7.50. The van der Waals surface area contributed by atoms with E-state index < -0.39 is 47.5 Å². The van der Waals surface area contributed by atoms with Gasteiger partial charge in [-0.1, -0.05) is 30.3 Å². The molecule has 0 amide bonds. The summed E-state index contributed by atoms with van der Waals surface area (Å²) in [5, 5.41) is 41.1. The SMILES string of the molecule is O=C(O)c1ccc2c(c1)C1c3ccc(C(=O)O)cc3C2C2c3cc4ccc(C(=O)O)cc4cc3C1CC2C(=O)O. The van der Waals surface area contributed by atoms with Crippen molar-refractivity contribution in [3.63, 3.8) is 0 Å². The molecule has 0 saturated heterocycles. The smallest absolute Gasteiger partial charge is 0.335 e. The third-order valence-electron chi connectivity index (χ3n) is 9.08. The summed E-state index contributed by atoms with van der Waals surface area (Å²) in [6.45, 7) is 0. The molecule has 8 nitrogen and oxygen atoms in total. The summed E-state index contributed by atoms with van der Waals surface area (Å²) >= 11 is 0. The van der Waals surface area contributed by atoms with Crippen LogP contribution in [0.1, 0.15) is 94.5 Å². The van der Waals surface area contributed by atoms with E-state index in [9.17, 15) is 39.6 Å². The summed E-state index contributed by atoms with van der Waals surface area (Å²) in [6, 6.07) is 18.7. The Morgan fingerprint density at radius 2 is 1.05 bits per heavy atom. The second kappa shape index (κ2) is 8.26. The predicted octanol–water partition coefficient (Wildman–Crippen LogP) is 5.50. The lowest BCUT2D eigenvalue weighted by molar-refractivity contribution is -0.143. The molecule has 8 heteroatoms. The molecule has 5 unspecified atom stereocenters. The molecule has 40 heavy (non-hydrogen) atoms. The van der Waals surface area contributed by atoms with Gasteiger partial charge in [-0.05, 0) is 92.9 Å². The number of aromatic carboxylic acids is 3. The average molecular weight is 535 g/mol. The van der Waals surface area contributed by atoms with E-state index in [0.717, 1.165) is 44.2 Å². The van der Waals surface area contributed by atoms with Crippen LogP contribution >= 0.6 is 0 Å². The molecule has 0 spiro atoms. The molecule has 0 aliphatic heterocycles. The van der Waals surface area contributed by atoms with Crippen molar-refractivity contribution in [1.82, 2.24) is 0 Å². The van der Waals surface area contributed by atoms with Crippen LogP contribution in [0.15, 0.2) is 66.7 Å². The van der Waals surface area contributed by atoms with Crippen molar-refractivity contribution < 1.29 is 39.6 Å². The number of carboxylic acid groups (broad SMARTS) is 4. The summed E-state index contributed by atoms with van der Waals surface area (Å²) in [7, 11) is 0. The molecule has 0 saturated carbocycles. The van der Waals surface area contributed by atoms with Crippen LogP contribution in [0.3, 0.4) is 0 Å². The number of carbonyl (C=O) groups is 4. The number of fused-ring (bicyclic) bond motifs is 1. The van der Waals surface area contributed by atoms with Crippen molar-refractivity contribution in [3.8, 4) is 0 Å². The maximum atomic E-state index is 12.8. The minimum Gasteiger partial charge on any atom is -0.481 e. The minimum atomic E-state index is -1.08. The maximum Gasteiger partial charge on any atom is 0.335 e. The van der Waals surface area contributed by atoms with Gasteiger partial charge in [-0.25, -0.2) is 14.4 Å². The first-order valence-corrected chi connectivity index (χ1v) is 12.9. The van der Waals surface area contributed by atoms with Gasteiger partial charge in [0.15, 0.2) is 0 Å². The number of hydrogen-bond acceptors (Lipinski definition) is 4. The van der Waals surface area contributed by atoms with E-state index >= 15 is 0 Å². The Bertz CT molecular complexity index is 1840. The van der Waals surface area contributed by atoms with Crippen LogP contribution in [0, 0.1) is 5.92 Å². The van der Waals surface area contributed by atoms with Crippen LogP contribution in [0.2, 0.25) is 0 Å². The normalized spacial score (nSPS) is 23.4. The molecule has 0 radical (unpaired) electrons. The highest BCUT2D eigenvalue weighted by Crippen LogP contribution is 2.64. The quantitative estimate of drug-likeness (QED) is 0.268. The Kier molecular flexibility index (Phi) is 4.97. The Hall–Kier alpha value is -4.98. The molecule has 198 valence electrons. The second-order valence-corrected chi connectivity index (χ2v) is 10.9. The van der Waals surface area contributed by atoms with Gasteiger partial charge in [-0.3, -0.25) is 4.79 Å². The summed E-state index contributed by atoms with van der Waals surface area (Å²) in [5.41, 5.74) is 5.42. The van der Waals surface area contributed by atoms with Gasteiger partial charge >= 0.3 is 23.9 Å².